The molecule has 0 unspecified atom stereocenters. The summed E-state index contributed by atoms with van der Waals surface area (Å²) in [5, 5.41) is 9.35. The van der Waals surface area contributed by atoms with E-state index in [9.17, 15) is 14.7 Å². The van der Waals surface area contributed by atoms with Crippen molar-refractivity contribution < 1.29 is 19.4 Å². The van der Waals surface area contributed by atoms with E-state index in [2.05, 4.69) is 24.3 Å². The zero-order chi connectivity index (χ0) is 24.1. The molecule has 0 bridgehead atoms. The Morgan fingerprint density at radius 1 is 0.941 bits per heavy atom. The Hall–Kier alpha value is -2.82. The first-order valence-electron chi connectivity index (χ1n) is 12.7. The number of ether oxygens (including phenoxy) is 1. The number of carboxylic acids is 1. The highest BCUT2D eigenvalue weighted by molar-refractivity contribution is 5.79. The maximum atomic E-state index is 13.1. The fraction of sp³-hybridized carbons (Fsp3) is 0.517. The molecule has 2 aromatic rings. The Labute approximate surface area is 203 Å². The minimum atomic E-state index is -1.29. The molecule has 2 fully saturated rings. The number of benzene rings is 2. The van der Waals surface area contributed by atoms with E-state index in [1.54, 1.807) is 19.9 Å². The normalized spacial score (nSPS) is 19.6. The van der Waals surface area contributed by atoms with Gasteiger partial charge < -0.3 is 14.7 Å². The molecule has 1 atom stereocenters. The number of amides is 1. The van der Waals surface area contributed by atoms with E-state index in [1.807, 2.05) is 23.1 Å². The lowest BCUT2D eigenvalue weighted by Crippen LogP contribution is -2.40. The first-order chi connectivity index (χ1) is 16.3. The van der Waals surface area contributed by atoms with E-state index >= 15 is 0 Å². The number of carboxylic acid groups (broad SMARTS) is 1. The Kier molecular flexibility index (Phi) is 7.60. The van der Waals surface area contributed by atoms with Crippen molar-refractivity contribution >= 4 is 11.9 Å². The van der Waals surface area contributed by atoms with Gasteiger partial charge in [-0.25, -0.2) is 4.79 Å². The Morgan fingerprint density at radius 2 is 1.65 bits per heavy atom. The zero-order valence-corrected chi connectivity index (χ0v) is 20.5. The molecule has 1 saturated heterocycles. The molecular formula is C29H37NO4. The standard InChI is InChI=1S/C29H37NO4/c1-29(2,28(32)33)34-26-12-6-10-24(19-26)25-11-7-17-30(20-25)27(31)18-21-13-15-23(16-14-21)22-8-4-3-5-9-22/h6,10,12-16,19,22,25H,3-5,7-9,11,17-18,20H2,1-2H3,(H,32,33)/t25-/m1/s1. The molecule has 2 aromatic carbocycles. The third-order valence-corrected chi connectivity index (χ3v) is 7.40. The van der Waals surface area contributed by atoms with Crippen molar-refractivity contribution in [1.82, 2.24) is 4.90 Å². The van der Waals surface area contributed by atoms with Crippen LogP contribution in [0.4, 0.5) is 0 Å². The summed E-state index contributed by atoms with van der Waals surface area (Å²) in [6.07, 6.45) is 8.99. The predicted molar refractivity (Wildman–Crippen MR) is 133 cm³/mol. The molecule has 5 heteroatoms. The van der Waals surface area contributed by atoms with Gasteiger partial charge in [0, 0.05) is 19.0 Å². The van der Waals surface area contributed by atoms with Gasteiger partial charge in [-0.05, 0) is 74.3 Å². The number of carbonyl (C=O) groups is 2. The highest BCUT2D eigenvalue weighted by Crippen LogP contribution is 2.33. The smallest absolute Gasteiger partial charge is 0.347 e. The highest BCUT2D eigenvalue weighted by Gasteiger charge is 2.30. The van der Waals surface area contributed by atoms with Crippen LogP contribution in [0.15, 0.2) is 48.5 Å². The van der Waals surface area contributed by atoms with Crippen LogP contribution < -0.4 is 4.74 Å². The number of hydrogen-bond acceptors (Lipinski definition) is 3. The van der Waals surface area contributed by atoms with Gasteiger partial charge in [0.05, 0.1) is 6.42 Å². The van der Waals surface area contributed by atoms with Crippen LogP contribution in [0, 0.1) is 0 Å². The SMILES string of the molecule is CC(C)(Oc1cccc([C@@H]2CCCN(C(=O)Cc3ccc(C4CCCCC4)cc3)C2)c1)C(=O)O. The average Bonchev–Trinajstić information content (AvgIpc) is 2.85. The second kappa shape index (κ2) is 10.6. The van der Waals surface area contributed by atoms with E-state index < -0.39 is 11.6 Å². The fourth-order valence-corrected chi connectivity index (χ4v) is 5.28. The molecule has 182 valence electrons. The third kappa shape index (κ3) is 5.99. The van der Waals surface area contributed by atoms with Gasteiger partial charge in [-0.15, -0.1) is 0 Å². The van der Waals surface area contributed by atoms with Crippen LogP contribution in [0.5, 0.6) is 5.75 Å². The first-order valence-corrected chi connectivity index (χ1v) is 12.7. The molecular weight excluding hydrogens is 426 g/mol. The van der Waals surface area contributed by atoms with E-state index in [0.29, 0.717) is 24.6 Å². The minimum Gasteiger partial charge on any atom is -0.478 e. The summed E-state index contributed by atoms with van der Waals surface area (Å²) in [5.74, 6) is 0.630. The predicted octanol–water partition coefficient (Wildman–Crippen LogP) is 5.93. The van der Waals surface area contributed by atoms with Gasteiger partial charge in [0.25, 0.3) is 0 Å². The lowest BCUT2D eigenvalue weighted by molar-refractivity contribution is -0.152. The van der Waals surface area contributed by atoms with E-state index in [-0.39, 0.29) is 11.8 Å². The van der Waals surface area contributed by atoms with Crippen LogP contribution in [-0.4, -0.2) is 40.6 Å². The van der Waals surface area contributed by atoms with Crippen molar-refractivity contribution in [3.05, 3.63) is 65.2 Å². The summed E-state index contributed by atoms with van der Waals surface area (Å²) in [6.45, 7) is 4.57. The maximum absolute atomic E-state index is 13.1. The van der Waals surface area contributed by atoms with Crippen molar-refractivity contribution in [3.63, 3.8) is 0 Å². The van der Waals surface area contributed by atoms with E-state index in [4.69, 9.17) is 4.74 Å². The summed E-state index contributed by atoms with van der Waals surface area (Å²) >= 11 is 0. The second-order valence-corrected chi connectivity index (χ2v) is 10.4. The Morgan fingerprint density at radius 3 is 2.35 bits per heavy atom. The third-order valence-electron chi connectivity index (χ3n) is 7.40. The van der Waals surface area contributed by atoms with E-state index in [0.717, 1.165) is 30.5 Å². The van der Waals surface area contributed by atoms with Crippen molar-refractivity contribution in [2.75, 3.05) is 13.1 Å². The minimum absolute atomic E-state index is 0.175. The van der Waals surface area contributed by atoms with Gasteiger partial charge in [0.2, 0.25) is 5.91 Å². The van der Waals surface area contributed by atoms with Gasteiger partial charge >= 0.3 is 5.97 Å². The van der Waals surface area contributed by atoms with Gasteiger partial charge in [-0.3, -0.25) is 4.79 Å². The summed E-state index contributed by atoms with van der Waals surface area (Å²) in [6, 6.07) is 16.4. The topological polar surface area (TPSA) is 66.8 Å². The number of nitrogens with zero attached hydrogens (tertiary/aromatic N) is 1. The zero-order valence-electron chi connectivity index (χ0n) is 20.5. The molecule has 0 spiro atoms. The van der Waals surface area contributed by atoms with Crippen molar-refractivity contribution in [1.29, 1.82) is 0 Å². The maximum Gasteiger partial charge on any atom is 0.347 e. The average molecular weight is 464 g/mol. The number of hydrogen-bond donors (Lipinski definition) is 1. The Bertz CT molecular complexity index is 991. The molecule has 1 aliphatic carbocycles. The van der Waals surface area contributed by atoms with Crippen LogP contribution >= 0.6 is 0 Å². The number of likely N-dealkylation sites (tertiary alicyclic amines) is 1. The van der Waals surface area contributed by atoms with Crippen molar-refractivity contribution in [2.24, 2.45) is 0 Å². The molecule has 1 amide bonds. The van der Waals surface area contributed by atoms with Crippen LogP contribution in [0.25, 0.3) is 0 Å². The first kappa shape index (κ1) is 24.3. The molecule has 1 N–H and O–H groups in total. The van der Waals surface area contributed by atoms with Gasteiger partial charge in [-0.2, -0.15) is 0 Å². The molecule has 0 radical (unpaired) electrons. The number of piperidine rings is 1. The molecule has 34 heavy (non-hydrogen) atoms. The molecule has 4 rings (SSSR count). The van der Waals surface area contributed by atoms with Crippen LogP contribution in [0.3, 0.4) is 0 Å². The molecule has 1 saturated carbocycles. The van der Waals surface area contributed by atoms with E-state index in [1.165, 1.54) is 37.7 Å². The van der Waals surface area contributed by atoms with Gasteiger partial charge in [-0.1, -0.05) is 55.7 Å². The lowest BCUT2D eigenvalue weighted by atomic mass is 9.84. The number of aliphatic carboxylic acids is 1. The van der Waals surface area contributed by atoms with Crippen molar-refractivity contribution in [3.8, 4) is 5.75 Å². The Balaban J connectivity index is 1.36. The van der Waals surface area contributed by atoms with Crippen LogP contribution in [0.1, 0.15) is 87.3 Å². The summed E-state index contributed by atoms with van der Waals surface area (Å²) in [5.41, 5.74) is 2.30. The molecule has 5 nitrogen and oxygen atoms in total. The number of rotatable bonds is 7. The molecule has 1 heterocycles. The van der Waals surface area contributed by atoms with Gasteiger partial charge in [0.15, 0.2) is 5.60 Å². The quantitative estimate of drug-likeness (QED) is 0.553. The second-order valence-electron chi connectivity index (χ2n) is 10.4. The monoisotopic (exact) mass is 463 g/mol. The largest absolute Gasteiger partial charge is 0.478 e. The molecule has 0 aromatic heterocycles. The summed E-state index contributed by atoms with van der Waals surface area (Å²) in [7, 11) is 0. The molecule has 1 aliphatic heterocycles. The highest BCUT2D eigenvalue weighted by atomic mass is 16.5. The summed E-state index contributed by atoms with van der Waals surface area (Å²) < 4.78 is 5.72. The van der Waals surface area contributed by atoms with Gasteiger partial charge in [0.1, 0.15) is 5.75 Å². The van der Waals surface area contributed by atoms with Crippen LogP contribution in [0.2, 0.25) is 0 Å². The summed E-state index contributed by atoms with van der Waals surface area (Å²) in [4.78, 5) is 26.5. The van der Waals surface area contributed by atoms with Crippen molar-refractivity contribution in [2.45, 2.75) is 82.7 Å². The molecule has 2 aliphatic rings. The number of carbonyl (C=O) groups excluding carboxylic acids is 1. The van der Waals surface area contributed by atoms with Crippen LogP contribution in [-0.2, 0) is 16.0 Å². The fourth-order valence-electron chi connectivity index (χ4n) is 5.28. The lowest BCUT2D eigenvalue weighted by Gasteiger charge is -2.33.